The van der Waals surface area contributed by atoms with Gasteiger partial charge in [-0.25, -0.2) is 9.78 Å². The van der Waals surface area contributed by atoms with Crippen molar-refractivity contribution >= 4 is 28.2 Å². The van der Waals surface area contributed by atoms with Gasteiger partial charge in [-0.2, -0.15) is 0 Å². The topological polar surface area (TPSA) is 66.5 Å². The Bertz CT molecular complexity index is 669. The highest BCUT2D eigenvalue weighted by Gasteiger charge is 2.19. The fourth-order valence-electron chi connectivity index (χ4n) is 2.31. The molecule has 6 nitrogen and oxygen atoms in total. The molecule has 22 heavy (non-hydrogen) atoms. The number of rotatable bonds is 3. The molecule has 1 aliphatic rings. The summed E-state index contributed by atoms with van der Waals surface area (Å²) in [6.45, 7) is 1.91. The number of benzene rings is 1. The first kappa shape index (κ1) is 14.8. The zero-order valence-electron chi connectivity index (χ0n) is 12.5. The summed E-state index contributed by atoms with van der Waals surface area (Å²) in [4.78, 5) is 20.0. The molecule has 0 unspecified atom stereocenters. The fourth-order valence-corrected chi connectivity index (χ4v) is 3.39. The molecular weight excluding hydrogens is 300 g/mol. The highest BCUT2D eigenvalue weighted by molar-refractivity contribution is 7.15. The second-order valence-corrected chi connectivity index (χ2v) is 6.27. The molecule has 2 N–H and O–H groups in total. The van der Waals surface area contributed by atoms with Gasteiger partial charge in [0.15, 0.2) is 5.13 Å². The Balaban J connectivity index is 1.61. The predicted molar refractivity (Wildman–Crippen MR) is 87.8 cm³/mol. The Hall–Kier alpha value is -2.12. The summed E-state index contributed by atoms with van der Waals surface area (Å²) < 4.78 is 5.08. The second-order valence-electron chi connectivity index (χ2n) is 5.18. The van der Waals surface area contributed by atoms with E-state index < -0.39 is 0 Å². The van der Waals surface area contributed by atoms with Crippen LogP contribution >= 0.6 is 11.3 Å². The summed E-state index contributed by atoms with van der Waals surface area (Å²) in [5, 5.41) is 6.22. The number of likely N-dealkylation sites (N-methyl/N-ethyl adjacent to an activating group) is 1. The smallest absolute Gasteiger partial charge is 0.325 e. The van der Waals surface area contributed by atoms with Crippen molar-refractivity contribution in [2.24, 2.45) is 0 Å². The normalized spacial score (nSPS) is 14.3. The average molecular weight is 318 g/mol. The minimum atomic E-state index is -0.287. The molecule has 2 aromatic rings. The van der Waals surface area contributed by atoms with Gasteiger partial charge >= 0.3 is 6.03 Å². The van der Waals surface area contributed by atoms with Crippen LogP contribution < -0.4 is 15.4 Å². The number of hydrogen-bond donors (Lipinski definition) is 2. The van der Waals surface area contributed by atoms with Crippen molar-refractivity contribution in [2.45, 2.75) is 13.0 Å². The summed E-state index contributed by atoms with van der Waals surface area (Å²) >= 11 is 1.54. The van der Waals surface area contributed by atoms with Crippen LogP contribution in [0.2, 0.25) is 0 Å². The minimum absolute atomic E-state index is 0.287. The number of hydrogen-bond acceptors (Lipinski definition) is 5. The number of aromatic nitrogens is 1. The molecule has 0 saturated carbocycles. The van der Waals surface area contributed by atoms with E-state index in [1.54, 1.807) is 31.4 Å². The fraction of sp³-hybridized carbons (Fsp3) is 0.333. The van der Waals surface area contributed by atoms with Crippen LogP contribution in [0.5, 0.6) is 5.75 Å². The van der Waals surface area contributed by atoms with Crippen molar-refractivity contribution < 1.29 is 9.53 Å². The maximum absolute atomic E-state index is 12.0. The Morgan fingerprint density at radius 3 is 2.82 bits per heavy atom. The zero-order valence-corrected chi connectivity index (χ0v) is 13.4. The van der Waals surface area contributed by atoms with Crippen LogP contribution in [0.3, 0.4) is 0 Å². The van der Waals surface area contributed by atoms with E-state index in [0.717, 1.165) is 31.0 Å². The van der Waals surface area contributed by atoms with Gasteiger partial charge in [-0.05, 0) is 31.3 Å². The van der Waals surface area contributed by atoms with Gasteiger partial charge < -0.3 is 15.0 Å². The largest absolute Gasteiger partial charge is 0.497 e. The molecule has 2 heterocycles. The lowest BCUT2D eigenvalue weighted by molar-refractivity contribution is 0.262. The summed E-state index contributed by atoms with van der Waals surface area (Å²) in [6, 6.07) is 6.89. The first-order valence-corrected chi connectivity index (χ1v) is 7.85. The van der Waals surface area contributed by atoms with Gasteiger partial charge in [0.25, 0.3) is 0 Å². The number of anilines is 2. The lowest BCUT2D eigenvalue weighted by atomic mass is 10.2. The highest BCUT2D eigenvalue weighted by atomic mass is 32.1. The third-order valence-corrected chi connectivity index (χ3v) is 4.49. The van der Waals surface area contributed by atoms with Crippen LogP contribution in [-0.4, -0.2) is 36.6 Å². The molecule has 0 saturated heterocycles. The minimum Gasteiger partial charge on any atom is -0.497 e. The van der Waals surface area contributed by atoms with Crippen LogP contribution in [0.15, 0.2) is 24.3 Å². The van der Waals surface area contributed by atoms with Crippen molar-refractivity contribution in [3.05, 3.63) is 34.8 Å². The second kappa shape index (κ2) is 6.33. The number of carbonyl (C=O) groups is 1. The standard InChI is InChI=1S/C15H18N4O2S/c1-19-8-7-12-13(9-19)22-15(17-12)18-14(20)16-10-3-5-11(21-2)6-4-10/h3-6H,7-9H2,1-2H3,(H2,16,17,18,20). The Kier molecular flexibility index (Phi) is 4.26. The van der Waals surface area contributed by atoms with Crippen LogP contribution in [0, 0.1) is 0 Å². The molecule has 1 aliphatic heterocycles. The summed E-state index contributed by atoms with van der Waals surface area (Å²) in [6.07, 6.45) is 0.935. The number of fused-ring (bicyclic) bond motifs is 1. The maximum atomic E-state index is 12.0. The number of methoxy groups -OCH3 is 1. The Morgan fingerprint density at radius 2 is 2.09 bits per heavy atom. The Labute approximate surface area is 133 Å². The van der Waals surface area contributed by atoms with Gasteiger partial charge in [0.1, 0.15) is 5.75 Å². The van der Waals surface area contributed by atoms with Gasteiger partial charge in [-0.1, -0.05) is 0 Å². The molecule has 0 bridgehead atoms. The molecule has 0 aliphatic carbocycles. The molecule has 2 amide bonds. The molecular formula is C15H18N4O2S. The van der Waals surface area contributed by atoms with E-state index in [0.29, 0.717) is 10.8 Å². The van der Waals surface area contributed by atoms with Crippen molar-refractivity contribution in [1.29, 1.82) is 0 Å². The van der Waals surface area contributed by atoms with Crippen molar-refractivity contribution in [1.82, 2.24) is 9.88 Å². The monoisotopic (exact) mass is 318 g/mol. The quantitative estimate of drug-likeness (QED) is 0.913. The number of amides is 2. The van der Waals surface area contributed by atoms with Gasteiger partial charge in [-0.3, -0.25) is 5.32 Å². The maximum Gasteiger partial charge on any atom is 0.325 e. The number of ether oxygens (including phenoxy) is 1. The molecule has 116 valence electrons. The first-order valence-electron chi connectivity index (χ1n) is 7.03. The molecule has 3 rings (SSSR count). The Morgan fingerprint density at radius 1 is 1.32 bits per heavy atom. The van der Waals surface area contributed by atoms with Gasteiger partial charge in [0.2, 0.25) is 0 Å². The molecule has 0 spiro atoms. The van der Waals surface area contributed by atoms with E-state index in [-0.39, 0.29) is 6.03 Å². The van der Waals surface area contributed by atoms with E-state index in [2.05, 4.69) is 27.6 Å². The number of nitrogens with one attached hydrogen (secondary N) is 2. The zero-order chi connectivity index (χ0) is 15.5. The van der Waals surface area contributed by atoms with Crippen LogP contribution in [0.25, 0.3) is 0 Å². The van der Waals surface area contributed by atoms with Gasteiger partial charge in [0.05, 0.1) is 12.8 Å². The number of carbonyl (C=O) groups excluding carboxylic acids is 1. The van der Waals surface area contributed by atoms with E-state index in [4.69, 9.17) is 4.74 Å². The summed E-state index contributed by atoms with van der Waals surface area (Å²) in [7, 11) is 3.70. The predicted octanol–water partition coefficient (Wildman–Crippen LogP) is 2.78. The first-order chi connectivity index (χ1) is 10.6. The van der Waals surface area contributed by atoms with Crippen molar-refractivity contribution in [2.75, 3.05) is 31.3 Å². The van der Waals surface area contributed by atoms with E-state index in [9.17, 15) is 4.79 Å². The summed E-state index contributed by atoms with van der Waals surface area (Å²) in [5.74, 6) is 0.752. The van der Waals surface area contributed by atoms with Gasteiger partial charge in [0, 0.05) is 30.1 Å². The molecule has 7 heteroatoms. The lowest BCUT2D eigenvalue weighted by Gasteiger charge is -2.20. The van der Waals surface area contributed by atoms with Crippen LogP contribution in [-0.2, 0) is 13.0 Å². The highest BCUT2D eigenvalue weighted by Crippen LogP contribution is 2.27. The molecule has 0 atom stereocenters. The number of urea groups is 1. The lowest BCUT2D eigenvalue weighted by Crippen LogP contribution is -2.25. The number of nitrogens with zero attached hydrogens (tertiary/aromatic N) is 2. The SMILES string of the molecule is COc1ccc(NC(=O)Nc2nc3c(s2)CN(C)CC3)cc1. The average Bonchev–Trinajstić information content (AvgIpc) is 2.89. The van der Waals surface area contributed by atoms with E-state index in [1.807, 2.05) is 0 Å². The van der Waals surface area contributed by atoms with Crippen molar-refractivity contribution in [3.8, 4) is 5.75 Å². The third kappa shape index (κ3) is 3.37. The third-order valence-electron chi connectivity index (χ3n) is 3.49. The van der Waals surface area contributed by atoms with Crippen LogP contribution in [0.4, 0.5) is 15.6 Å². The van der Waals surface area contributed by atoms with Crippen molar-refractivity contribution in [3.63, 3.8) is 0 Å². The van der Waals surface area contributed by atoms with E-state index in [1.165, 1.54) is 16.2 Å². The molecule has 1 aromatic heterocycles. The molecule has 1 aromatic carbocycles. The number of thiazole rings is 1. The molecule has 0 fully saturated rings. The van der Waals surface area contributed by atoms with Gasteiger partial charge in [-0.15, -0.1) is 11.3 Å². The van der Waals surface area contributed by atoms with Crippen LogP contribution in [0.1, 0.15) is 10.6 Å². The van der Waals surface area contributed by atoms with E-state index >= 15 is 0 Å². The molecule has 0 radical (unpaired) electrons. The summed E-state index contributed by atoms with van der Waals surface area (Å²) in [5.41, 5.74) is 1.81.